The summed E-state index contributed by atoms with van der Waals surface area (Å²) in [7, 11) is 3.07. The number of allylic oxidation sites excluding steroid dienone is 1. The smallest absolute Gasteiger partial charge is 0.257 e. The van der Waals surface area contributed by atoms with E-state index in [1.807, 2.05) is 0 Å². The number of rotatable bonds is 11. The average Bonchev–Trinajstić information content (AvgIpc) is 3.59. The molecule has 224 valence electrons. The number of methoxy groups -OCH3 is 2. The number of fused-ring (bicyclic) bond motifs is 2. The normalized spacial score (nSPS) is 17.6. The van der Waals surface area contributed by atoms with Crippen molar-refractivity contribution in [2.45, 2.75) is 25.3 Å². The van der Waals surface area contributed by atoms with E-state index in [1.165, 1.54) is 20.4 Å². The number of carbonyl (C=O) groups excluding carboxylic acids is 2. The van der Waals surface area contributed by atoms with Gasteiger partial charge < -0.3 is 28.7 Å². The van der Waals surface area contributed by atoms with Gasteiger partial charge in [-0.05, 0) is 25.0 Å². The van der Waals surface area contributed by atoms with Crippen molar-refractivity contribution in [2.24, 2.45) is 9.98 Å². The third-order valence-corrected chi connectivity index (χ3v) is 7.52. The fraction of sp³-hybridized carbons (Fsp3) is 0.333. The molecule has 2 aromatic rings. The highest BCUT2D eigenvalue weighted by Gasteiger charge is 2.34. The zero-order chi connectivity index (χ0) is 30.5. The zero-order valence-electron chi connectivity index (χ0n) is 24.6. The highest BCUT2D eigenvalue weighted by Crippen LogP contribution is 2.39. The van der Waals surface area contributed by atoms with Crippen LogP contribution < -0.4 is 18.9 Å². The molecule has 0 aliphatic carbocycles. The largest absolute Gasteiger partial charge is 0.493 e. The quantitative estimate of drug-likeness (QED) is 0.201. The van der Waals surface area contributed by atoms with E-state index in [2.05, 4.69) is 29.7 Å². The SMILES string of the molecule is C=CC=Nc1cc(OCCCOc2cc3c(cc2OC)C(=O)N2CC(=C)C[C@H]2C=N3)c(OC)cc1C(=O)N1CCC(=C)C1. The van der Waals surface area contributed by atoms with Crippen LogP contribution in [0.15, 0.2) is 71.2 Å². The zero-order valence-corrected chi connectivity index (χ0v) is 24.6. The van der Waals surface area contributed by atoms with Crippen molar-refractivity contribution < 1.29 is 28.5 Å². The fourth-order valence-corrected chi connectivity index (χ4v) is 5.33. The molecule has 3 aliphatic rings. The number of ether oxygens (including phenoxy) is 4. The summed E-state index contributed by atoms with van der Waals surface area (Å²) in [5.41, 5.74) is 3.93. The molecule has 0 saturated carbocycles. The minimum atomic E-state index is -0.139. The number of carbonyl (C=O) groups is 2. The van der Waals surface area contributed by atoms with Crippen LogP contribution in [0.3, 0.4) is 0 Å². The van der Waals surface area contributed by atoms with Crippen LogP contribution in [0.5, 0.6) is 23.0 Å². The monoisotopic (exact) mass is 584 g/mol. The molecular weight excluding hydrogens is 548 g/mol. The number of benzene rings is 2. The summed E-state index contributed by atoms with van der Waals surface area (Å²) in [5, 5.41) is 0. The van der Waals surface area contributed by atoms with Crippen LogP contribution in [0.25, 0.3) is 0 Å². The molecule has 3 aliphatic heterocycles. The van der Waals surface area contributed by atoms with Gasteiger partial charge >= 0.3 is 0 Å². The first-order chi connectivity index (χ1) is 20.8. The third-order valence-electron chi connectivity index (χ3n) is 7.52. The van der Waals surface area contributed by atoms with Gasteiger partial charge in [0.1, 0.15) is 0 Å². The Morgan fingerprint density at radius 2 is 1.74 bits per heavy atom. The Hall–Kier alpha value is -4.86. The number of likely N-dealkylation sites (tertiary alicyclic amines) is 1. The maximum absolute atomic E-state index is 13.3. The lowest BCUT2D eigenvalue weighted by Gasteiger charge is -2.20. The molecular formula is C33H36N4O6. The molecule has 0 N–H and O–H groups in total. The van der Waals surface area contributed by atoms with Crippen molar-refractivity contribution >= 4 is 35.6 Å². The summed E-state index contributed by atoms with van der Waals surface area (Å²) >= 11 is 0. The number of nitrogens with zero attached hydrogens (tertiary/aromatic N) is 4. The molecule has 0 radical (unpaired) electrons. The van der Waals surface area contributed by atoms with Crippen LogP contribution in [0.4, 0.5) is 11.4 Å². The highest BCUT2D eigenvalue weighted by molar-refractivity contribution is 6.04. The lowest BCUT2D eigenvalue weighted by molar-refractivity contribution is 0.0775. The Morgan fingerprint density at radius 1 is 1.02 bits per heavy atom. The van der Waals surface area contributed by atoms with E-state index in [-0.39, 0.29) is 17.9 Å². The molecule has 3 heterocycles. The van der Waals surface area contributed by atoms with Crippen molar-refractivity contribution in [3.05, 3.63) is 72.4 Å². The summed E-state index contributed by atoms with van der Waals surface area (Å²) < 4.78 is 23.2. The number of hydrogen-bond acceptors (Lipinski definition) is 8. The van der Waals surface area contributed by atoms with Gasteiger partial charge in [-0.2, -0.15) is 0 Å². The van der Waals surface area contributed by atoms with Gasteiger partial charge in [0.15, 0.2) is 23.0 Å². The topological polar surface area (TPSA) is 102 Å². The minimum absolute atomic E-state index is 0.0905. The molecule has 2 amide bonds. The molecule has 2 saturated heterocycles. The van der Waals surface area contributed by atoms with Crippen LogP contribution >= 0.6 is 0 Å². The van der Waals surface area contributed by atoms with E-state index < -0.39 is 0 Å². The van der Waals surface area contributed by atoms with Gasteiger partial charge in [-0.25, -0.2) is 0 Å². The Morgan fingerprint density at radius 3 is 2.42 bits per heavy atom. The van der Waals surface area contributed by atoms with E-state index in [0.717, 1.165) is 17.6 Å². The molecule has 0 bridgehead atoms. The Bertz CT molecular complexity index is 1530. The van der Waals surface area contributed by atoms with Gasteiger partial charge in [-0.15, -0.1) is 0 Å². The van der Waals surface area contributed by atoms with Gasteiger partial charge in [0, 0.05) is 50.6 Å². The molecule has 0 unspecified atom stereocenters. The summed E-state index contributed by atoms with van der Waals surface area (Å²) in [6, 6.07) is 6.68. The van der Waals surface area contributed by atoms with Crippen molar-refractivity contribution in [3.8, 4) is 23.0 Å². The highest BCUT2D eigenvalue weighted by atomic mass is 16.5. The lowest BCUT2D eigenvalue weighted by atomic mass is 10.1. The van der Waals surface area contributed by atoms with Gasteiger partial charge in [0.05, 0.1) is 56.0 Å². The number of amides is 2. The summed E-state index contributed by atoms with van der Waals surface area (Å²) in [6.45, 7) is 14.0. The maximum atomic E-state index is 13.3. The first-order valence-electron chi connectivity index (χ1n) is 14.2. The second-order valence-electron chi connectivity index (χ2n) is 10.6. The first-order valence-corrected chi connectivity index (χ1v) is 14.2. The minimum Gasteiger partial charge on any atom is -0.493 e. The number of hydrogen-bond donors (Lipinski definition) is 0. The van der Waals surface area contributed by atoms with Crippen molar-refractivity contribution in [3.63, 3.8) is 0 Å². The van der Waals surface area contributed by atoms with E-state index in [0.29, 0.717) is 91.2 Å². The van der Waals surface area contributed by atoms with E-state index in [1.54, 1.807) is 46.4 Å². The second-order valence-corrected chi connectivity index (χ2v) is 10.6. The van der Waals surface area contributed by atoms with Crippen LogP contribution in [0.2, 0.25) is 0 Å². The first kappa shape index (κ1) is 29.6. The summed E-state index contributed by atoms with van der Waals surface area (Å²) in [6.07, 6.45) is 6.91. The average molecular weight is 585 g/mol. The van der Waals surface area contributed by atoms with Gasteiger partial charge in [0.25, 0.3) is 11.8 Å². The van der Waals surface area contributed by atoms with Gasteiger partial charge in [-0.3, -0.25) is 19.6 Å². The van der Waals surface area contributed by atoms with E-state index in [4.69, 9.17) is 18.9 Å². The fourth-order valence-electron chi connectivity index (χ4n) is 5.33. The van der Waals surface area contributed by atoms with Crippen molar-refractivity contribution in [1.29, 1.82) is 0 Å². The molecule has 5 rings (SSSR count). The number of aliphatic imine (C=N–C) groups is 2. The van der Waals surface area contributed by atoms with Crippen LogP contribution in [0.1, 0.15) is 40.0 Å². The lowest BCUT2D eigenvalue weighted by Crippen LogP contribution is -2.35. The van der Waals surface area contributed by atoms with E-state index >= 15 is 0 Å². The second kappa shape index (κ2) is 13.0. The Balaban J connectivity index is 1.25. The van der Waals surface area contributed by atoms with Crippen molar-refractivity contribution in [1.82, 2.24) is 9.80 Å². The van der Waals surface area contributed by atoms with Crippen LogP contribution in [-0.4, -0.2) is 87.2 Å². The van der Waals surface area contributed by atoms with Gasteiger partial charge in [-0.1, -0.05) is 37.0 Å². The Kier molecular flexibility index (Phi) is 8.94. The standard InChI is InChI=1S/C33H36N4O6/c1-6-9-34-26-16-30(28(40-4)14-24(26)32(38)36-10-8-21(2)19-36)42-11-7-12-43-31-17-27-25(15-29(31)41-5)33(39)37-20-22(3)13-23(37)18-35-27/h6,9,14-18,23H,1-3,7-8,10-13,19-20H2,4-5H3/t23-/m0/s1. The summed E-state index contributed by atoms with van der Waals surface area (Å²) in [5.74, 6) is 1.59. The molecule has 1 atom stereocenters. The third kappa shape index (κ3) is 6.33. The van der Waals surface area contributed by atoms with Crippen LogP contribution in [0, 0.1) is 0 Å². The molecule has 2 aromatic carbocycles. The molecule has 2 fully saturated rings. The maximum Gasteiger partial charge on any atom is 0.257 e. The van der Waals surface area contributed by atoms with Crippen molar-refractivity contribution in [2.75, 3.05) is 47.1 Å². The van der Waals surface area contributed by atoms with Crippen LogP contribution in [-0.2, 0) is 0 Å². The Labute approximate surface area is 251 Å². The molecule has 43 heavy (non-hydrogen) atoms. The molecule has 10 heteroatoms. The summed E-state index contributed by atoms with van der Waals surface area (Å²) in [4.78, 5) is 39.0. The molecule has 0 aromatic heterocycles. The predicted molar refractivity (Wildman–Crippen MR) is 166 cm³/mol. The van der Waals surface area contributed by atoms with E-state index in [9.17, 15) is 9.59 Å². The van der Waals surface area contributed by atoms with Gasteiger partial charge in [0.2, 0.25) is 0 Å². The molecule has 0 spiro atoms. The predicted octanol–water partition coefficient (Wildman–Crippen LogP) is 5.33. The molecule has 10 nitrogen and oxygen atoms in total.